The molecule has 2 aromatic rings. The molecule has 0 aliphatic carbocycles. The molecule has 0 fully saturated rings. The molecule has 9 heteroatoms. The van der Waals surface area contributed by atoms with Crippen LogP contribution in [0.5, 0.6) is 11.5 Å². The number of tetrazole rings is 1. The van der Waals surface area contributed by atoms with E-state index in [0.29, 0.717) is 6.61 Å². The van der Waals surface area contributed by atoms with Crippen LogP contribution in [-0.4, -0.2) is 45.2 Å². The summed E-state index contributed by atoms with van der Waals surface area (Å²) in [5, 5.41) is 15.7. The molecule has 0 bridgehead atoms. The van der Waals surface area contributed by atoms with Crippen molar-refractivity contribution >= 4 is 27.7 Å². The van der Waals surface area contributed by atoms with E-state index in [-0.39, 0.29) is 6.10 Å². The lowest BCUT2D eigenvalue weighted by Crippen LogP contribution is -2.16. The maximum absolute atomic E-state index is 5.84. The van der Waals surface area contributed by atoms with E-state index in [1.807, 2.05) is 40.0 Å². The Kier molecular flexibility index (Phi) is 8.67. The molecule has 0 saturated carbocycles. The van der Waals surface area contributed by atoms with Gasteiger partial charge in [-0.15, -0.1) is 5.10 Å². The molecule has 1 aromatic carbocycles. The lowest BCUT2D eigenvalue weighted by molar-refractivity contribution is 0.223. The average molecular weight is 444 g/mol. The van der Waals surface area contributed by atoms with Gasteiger partial charge in [0.25, 0.3) is 0 Å². The number of aromatic nitrogens is 4. The Morgan fingerprint density at radius 3 is 2.77 bits per heavy atom. The number of hydrogen-bond donors (Lipinski definition) is 1. The zero-order valence-corrected chi connectivity index (χ0v) is 18.1. The maximum atomic E-state index is 5.84. The lowest BCUT2D eigenvalue weighted by Gasteiger charge is -2.17. The van der Waals surface area contributed by atoms with Gasteiger partial charge in [0.2, 0.25) is 5.16 Å². The second-order valence-corrected chi connectivity index (χ2v) is 7.87. The highest BCUT2D eigenvalue weighted by Gasteiger charge is 2.12. The van der Waals surface area contributed by atoms with Gasteiger partial charge in [-0.3, -0.25) is 0 Å². The number of halogens is 1. The van der Waals surface area contributed by atoms with Crippen molar-refractivity contribution in [1.29, 1.82) is 0 Å². The van der Waals surface area contributed by atoms with Gasteiger partial charge in [0.1, 0.15) is 0 Å². The topological polar surface area (TPSA) is 74.1 Å². The molecule has 1 heterocycles. The number of nitrogens with one attached hydrogen (secondary N) is 1. The van der Waals surface area contributed by atoms with Crippen molar-refractivity contribution in [3.63, 3.8) is 0 Å². The molecule has 0 saturated heterocycles. The summed E-state index contributed by atoms with van der Waals surface area (Å²) in [6.07, 6.45) is 1.13. The van der Waals surface area contributed by atoms with Gasteiger partial charge < -0.3 is 14.8 Å². The molecule has 0 radical (unpaired) electrons. The number of aryl methyl sites for hydroxylation is 1. The van der Waals surface area contributed by atoms with E-state index >= 15 is 0 Å². The quantitative estimate of drug-likeness (QED) is 0.421. The first-order valence-electron chi connectivity index (χ1n) is 8.69. The van der Waals surface area contributed by atoms with Gasteiger partial charge in [0, 0.05) is 23.8 Å². The fourth-order valence-electron chi connectivity index (χ4n) is 2.25. The summed E-state index contributed by atoms with van der Waals surface area (Å²) < 4.78 is 14.3. The summed E-state index contributed by atoms with van der Waals surface area (Å²) in [6.45, 7) is 8.28. The Morgan fingerprint density at radius 1 is 1.31 bits per heavy atom. The van der Waals surface area contributed by atoms with Crippen LogP contribution in [0.2, 0.25) is 0 Å². The number of thioether (sulfide) groups is 1. The first-order chi connectivity index (χ1) is 12.5. The first-order valence-corrected chi connectivity index (χ1v) is 10.5. The third-order valence-corrected chi connectivity index (χ3v) is 5.24. The van der Waals surface area contributed by atoms with Crippen LogP contribution in [-0.2, 0) is 13.6 Å². The molecule has 0 spiro atoms. The summed E-state index contributed by atoms with van der Waals surface area (Å²) in [7, 11) is 1.85. The molecule has 0 unspecified atom stereocenters. The highest BCUT2D eigenvalue weighted by Crippen LogP contribution is 2.34. The van der Waals surface area contributed by atoms with Crippen molar-refractivity contribution in [2.45, 2.75) is 45.0 Å². The fourth-order valence-corrected chi connectivity index (χ4v) is 3.51. The zero-order valence-electron chi connectivity index (χ0n) is 15.7. The normalized spacial score (nSPS) is 11.2. The smallest absolute Gasteiger partial charge is 0.209 e. The number of benzene rings is 1. The SMILES string of the molecule is CCOc1cc(CNCCCSc2nnnn2C)c(Br)cc1OC(C)C. The van der Waals surface area contributed by atoms with Crippen molar-refractivity contribution < 1.29 is 9.47 Å². The Balaban J connectivity index is 1.82. The Labute approximate surface area is 167 Å². The molecular weight excluding hydrogens is 418 g/mol. The number of rotatable bonds is 11. The van der Waals surface area contributed by atoms with Crippen LogP contribution in [0, 0.1) is 0 Å². The predicted molar refractivity (Wildman–Crippen MR) is 107 cm³/mol. The minimum atomic E-state index is 0.103. The minimum Gasteiger partial charge on any atom is -0.490 e. The number of nitrogens with zero attached hydrogens (tertiary/aromatic N) is 4. The number of ether oxygens (including phenoxy) is 2. The second kappa shape index (κ2) is 10.7. The summed E-state index contributed by atoms with van der Waals surface area (Å²) in [6, 6.07) is 4.03. The van der Waals surface area contributed by atoms with E-state index in [9.17, 15) is 0 Å². The standard InChI is InChI=1S/C17H26BrN5O2S/c1-5-24-15-9-13(14(18)10-16(15)25-12(2)3)11-19-7-6-8-26-17-20-21-22-23(17)4/h9-10,12,19H,5-8,11H2,1-4H3. The third kappa shape index (κ3) is 6.44. The first kappa shape index (κ1) is 21.0. The molecular formula is C17H26BrN5O2S. The van der Waals surface area contributed by atoms with Crippen molar-refractivity contribution in [2.24, 2.45) is 7.05 Å². The largest absolute Gasteiger partial charge is 0.490 e. The van der Waals surface area contributed by atoms with Crippen LogP contribution >= 0.6 is 27.7 Å². The van der Waals surface area contributed by atoms with Crippen LogP contribution in [0.25, 0.3) is 0 Å². The van der Waals surface area contributed by atoms with Crippen LogP contribution in [0.3, 0.4) is 0 Å². The molecule has 144 valence electrons. The van der Waals surface area contributed by atoms with Crippen molar-refractivity contribution in [3.8, 4) is 11.5 Å². The van der Waals surface area contributed by atoms with E-state index in [1.54, 1.807) is 16.4 Å². The molecule has 1 N–H and O–H groups in total. The Bertz CT molecular complexity index is 696. The average Bonchev–Trinajstić information content (AvgIpc) is 2.99. The summed E-state index contributed by atoms with van der Waals surface area (Å²) in [5.74, 6) is 2.52. The minimum absolute atomic E-state index is 0.103. The van der Waals surface area contributed by atoms with Gasteiger partial charge in [0.05, 0.1) is 12.7 Å². The molecule has 2 rings (SSSR count). The van der Waals surface area contributed by atoms with Crippen LogP contribution in [0.4, 0.5) is 0 Å². The van der Waals surface area contributed by atoms with Gasteiger partial charge >= 0.3 is 0 Å². The summed E-state index contributed by atoms with van der Waals surface area (Å²) in [5.41, 5.74) is 1.15. The van der Waals surface area contributed by atoms with Crippen molar-refractivity contribution in [2.75, 3.05) is 18.9 Å². The van der Waals surface area contributed by atoms with Crippen LogP contribution in [0.15, 0.2) is 21.8 Å². The highest BCUT2D eigenvalue weighted by molar-refractivity contribution is 9.10. The maximum Gasteiger partial charge on any atom is 0.209 e. The lowest BCUT2D eigenvalue weighted by atomic mass is 10.2. The van der Waals surface area contributed by atoms with Gasteiger partial charge in [-0.1, -0.05) is 27.7 Å². The van der Waals surface area contributed by atoms with Crippen LogP contribution < -0.4 is 14.8 Å². The fraction of sp³-hybridized carbons (Fsp3) is 0.588. The molecule has 26 heavy (non-hydrogen) atoms. The van der Waals surface area contributed by atoms with Gasteiger partial charge in [-0.25, -0.2) is 4.68 Å². The monoisotopic (exact) mass is 443 g/mol. The van der Waals surface area contributed by atoms with E-state index in [1.165, 1.54) is 0 Å². The van der Waals surface area contributed by atoms with Crippen molar-refractivity contribution in [3.05, 3.63) is 22.2 Å². The molecule has 1 aromatic heterocycles. The molecule has 0 aliphatic heterocycles. The molecule has 0 aliphatic rings. The Hall–Kier alpha value is -1.32. The van der Waals surface area contributed by atoms with Crippen molar-refractivity contribution in [1.82, 2.24) is 25.5 Å². The highest BCUT2D eigenvalue weighted by atomic mass is 79.9. The third-order valence-electron chi connectivity index (χ3n) is 3.40. The summed E-state index contributed by atoms with van der Waals surface area (Å²) in [4.78, 5) is 0. The van der Waals surface area contributed by atoms with Crippen LogP contribution in [0.1, 0.15) is 32.8 Å². The zero-order chi connectivity index (χ0) is 18.9. The van der Waals surface area contributed by atoms with E-state index in [4.69, 9.17) is 9.47 Å². The molecule has 0 atom stereocenters. The second-order valence-electron chi connectivity index (χ2n) is 5.95. The molecule has 7 nitrogen and oxygen atoms in total. The van der Waals surface area contributed by atoms with Gasteiger partial charge in [-0.05, 0) is 61.9 Å². The van der Waals surface area contributed by atoms with Gasteiger partial charge in [-0.2, -0.15) is 0 Å². The number of hydrogen-bond acceptors (Lipinski definition) is 7. The van der Waals surface area contributed by atoms with E-state index in [0.717, 1.165) is 52.0 Å². The van der Waals surface area contributed by atoms with E-state index in [2.05, 4.69) is 36.8 Å². The summed E-state index contributed by atoms with van der Waals surface area (Å²) >= 11 is 5.30. The van der Waals surface area contributed by atoms with E-state index < -0.39 is 0 Å². The molecule has 0 amide bonds. The Morgan fingerprint density at radius 2 is 2.12 bits per heavy atom. The predicted octanol–water partition coefficient (Wildman–Crippen LogP) is 3.43. The van der Waals surface area contributed by atoms with Gasteiger partial charge in [0.15, 0.2) is 11.5 Å².